The van der Waals surface area contributed by atoms with Crippen LogP contribution in [0.25, 0.3) is 0 Å². The van der Waals surface area contributed by atoms with Gasteiger partial charge in [0.15, 0.2) is 0 Å². The molecule has 0 heterocycles. The Bertz CT molecular complexity index is 361. The number of urea groups is 1. The van der Waals surface area contributed by atoms with Crippen LogP contribution in [0, 0.1) is 0 Å². The van der Waals surface area contributed by atoms with E-state index in [9.17, 15) is 4.79 Å². The zero-order chi connectivity index (χ0) is 12.7. The van der Waals surface area contributed by atoms with Crippen molar-refractivity contribution in [1.82, 2.24) is 4.90 Å². The Labute approximate surface area is 104 Å². The number of amides is 2. The van der Waals surface area contributed by atoms with Crippen LogP contribution in [0.5, 0.6) is 0 Å². The molecule has 1 aromatic carbocycles. The predicted molar refractivity (Wildman–Crippen MR) is 72.4 cm³/mol. The van der Waals surface area contributed by atoms with Crippen molar-refractivity contribution in [2.75, 3.05) is 19.4 Å². The number of carbonyl (C=O) groups is 1. The molecular weight excluding hydrogens is 212 g/mol. The summed E-state index contributed by atoms with van der Waals surface area (Å²) < 4.78 is 0. The molecule has 2 amide bonds. The van der Waals surface area contributed by atoms with Crippen LogP contribution >= 0.6 is 0 Å². The Balaban J connectivity index is 2.56. The maximum absolute atomic E-state index is 11.5. The maximum atomic E-state index is 11.5. The number of unbranched alkanes of at least 4 members (excludes halogenated alkanes) is 2. The van der Waals surface area contributed by atoms with E-state index in [1.807, 2.05) is 12.1 Å². The van der Waals surface area contributed by atoms with Gasteiger partial charge in [-0.1, -0.05) is 31.9 Å². The molecule has 1 rings (SSSR count). The molecule has 3 heteroatoms. The van der Waals surface area contributed by atoms with Crippen molar-refractivity contribution in [1.29, 1.82) is 0 Å². The molecule has 0 unspecified atom stereocenters. The molecule has 0 fully saturated rings. The van der Waals surface area contributed by atoms with E-state index in [-0.39, 0.29) is 6.03 Å². The molecule has 0 aromatic heterocycles. The van der Waals surface area contributed by atoms with Gasteiger partial charge < -0.3 is 10.2 Å². The normalized spacial score (nSPS) is 10.1. The first kappa shape index (κ1) is 13.6. The first-order valence-corrected chi connectivity index (χ1v) is 6.20. The van der Waals surface area contributed by atoms with Crippen LogP contribution in [0.4, 0.5) is 10.5 Å². The number of rotatable bonds is 5. The van der Waals surface area contributed by atoms with Crippen LogP contribution in [0.1, 0.15) is 31.7 Å². The van der Waals surface area contributed by atoms with E-state index in [0.29, 0.717) is 0 Å². The van der Waals surface area contributed by atoms with Gasteiger partial charge in [0.1, 0.15) is 0 Å². The van der Waals surface area contributed by atoms with Gasteiger partial charge in [-0.15, -0.1) is 0 Å². The molecule has 17 heavy (non-hydrogen) atoms. The molecule has 0 atom stereocenters. The van der Waals surface area contributed by atoms with Crippen LogP contribution in [0.15, 0.2) is 24.3 Å². The van der Waals surface area contributed by atoms with Gasteiger partial charge in [0.2, 0.25) is 0 Å². The topological polar surface area (TPSA) is 32.3 Å². The minimum atomic E-state index is -0.0873. The first-order valence-electron chi connectivity index (χ1n) is 6.20. The van der Waals surface area contributed by atoms with Gasteiger partial charge in [-0.25, -0.2) is 4.79 Å². The second kappa shape index (κ2) is 6.94. The molecule has 0 aliphatic rings. The number of nitrogens with one attached hydrogen (secondary N) is 1. The van der Waals surface area contributed by atoms with Gasteiger partial charge in [0.05, 0.1) is 0 Å². The summed E-state index contributed by atoms with van der Waals surface area (Å²) in [4.78, 5) is 13.0. The highest BCUT2D eigenvalue weighted by atomic mass is 16.2. The molecule has 1 aromatic rings. The van der Waals surface area contributed by atoms with E-state index < -0.39 is 0 Å². The van der Waals surface area contributed by atoms with Crippen LogP contribution in [0.3, 0.4) is 0 Å². The summed E-state index contributed by atoms with van der Waals surface area (Å²) in [5.41, 5.74) is 2.16. The summed E-state index contributed by atoms with van der Waals surface area (Å²) in [6.45, 7) is 2.20. The minimum absolute atomic E-state index is 0.0873. The minimum Gasteiger partial charge on any atom is -0.331 e. The summed E-state index contributed by atoms with van der Waals surface area (Å²) in [7, 11) is 3.47. The molecule has 94 valence electrons. The number of carbonyl (C=O) groups excluding carboxylic acids is 1. The highest BCUT2D eigenvalue weighted by molar-refractivity contribution is 5.88. The van der Waals surface area contributed by atoms with E-state index in [0.717, 1.165) is 12.1 Å². The third-order valence-electron chi connectivity index (χ3n) is 2.65. The Kier molecular flexibility index (Phi) is 5.53. The summed E-state index contributed by atoms with van der Waals surface area (Å²) in [6.07, 6.45) is 4.78. The number of hydrogen-bond donors (Lipinski definition) is 1. The smallest absolute Gasteiger partial charge is 0.321 e. The lowest BCUT2D eigenvalue weighted by Gasteiger charge is -2.12. The van der Waals surface area contributed by atoms with Crippen molar-refractivity contribution in [2.45, 2.75) is 32.6 Å². The number of benzene rings is 1. The van der Waals surface area contributed by atoms with Gasteiger partial charge in [-0.3, -0.25) is 0 Å². The summed E-state index contributed by atoms with van der Waals surface area (Å²) in [5, 5.41) is 2.86. The SMILES string of the molecule is CCCCCc1cccc(NC(=O)N(C)C)c1. The second-order valence-corrected chi connectivity index (χ2v) is 4.48. The maximum Gasteiger partial charge on any atom is 0.321 e. The van der Waals surface area contributed by atoms with E-state index in [1.54, 1.807) is 14.1 Å². The van der Waals surface area contributed by atoms with Crippen LogP contribution in [-0.4, -0.2) is 25.0 Å². The standard InChI is InChI=1S/C14H22N2O/c1-4-5-6-8-12-9-7-10-13(11-12)15-14(17)16(2)3/h7,9-11H,4-6,8H2,1-3H3,(H,15,17). The van der Waals surface area contributed by atoms with E-state index in [4.69, 9.17) is 0 Å². The highest BCUT2D eigenvalue weighted by Gasteiger charge is 2.03. The summed E-state index contributed by atoms with van der Waals surface area (Å²) in [6, 6.07) is 7.99. The third kappa shape index (κ3) is 4.89. The Morgan fingerprint density at radius 3 is 2.71 bits per heavy atom. The molecule has 0 aliphatic carbocycles. The molecule has 0 saturated carbocycles. The van der Waals surface area contributed by atoms with E-state index >= 15 is 0 Å². The van der Waals surface area contributed by atoms with Crippen molar-refractivity contribution in [3.8, 4) is 0 Å². The largest absolute Gasteiger partial charge is 0.331 e. The molecule has 0 spiro atoms. The number of nitrogens with zero attached hydrogens (tertiary/aromatic N) is 1. The fraction of sp³-hybridized carbons (Fsp3) is 0.500. The van der Waals surface area contributed by atoms with Crippen molar-refractivity contribution in [3.05, 3.63) is 29.8 Å². The number of hydrogen-bond acceptors (Lipinski definition) is 1. The van der Waals surface area contributed by atoms with Crippen LogP contribution in [0.2, 0.25) is 0 Å². The monoisotopic (exact) mass is 234 g/mol. The second-order valence-electron chi connectivity index (χ2n) is 4.48. The highest BCUT2D eigenvalue weighted by Crippen LogP contribution is 2.13. The Morgan fingerprint density at radius 2 is 2.06 bits per heavy atom. The van der Waals surface area contributed by atoms with Crippen molar-refractivity contribution < 1.29 is 4.79 Å². The zero-order valence-corrected chi connectivity index (χ0v) is 11.0. The van der Waals surface area contributed by atoms with Crippen molar-refractivity contribution in [2.24, 2.45) is 0 Å². The average molecular weight is 234 g/mol. The fourth-order valence-electron chi connectivity index (χ4n) is 1.62. The van der Waals surface area contributed by atoms with Crippen molar-refractivity contribution in [3.63, 3.8) is 0 Å². The molecule has 0 radical (unpaired) electrons. The summed E-state index contributed by atoms with van der Waals surface area (Å²) >= 11 is 0. The first-order chi connectivity index (χ1) is 8.13. The molecule has 0 saturated heterocycles. The number of aryl methyl sites for hydroxylation is 1. The van der Waals surface area contributed by atoms with Gasteiger partial charge in [-0.2, -0.15) is 0 Å². The molecule has 1 N–H and O–H groups in total. The van der Waals surface area contributed by atoms with Crippen molar-refractivity contribution >= 4 is 11.7 Å². The van der Waals surface area contributed by atoms with Crippen LogP contribution in [-0.2, 0) is 6.42 Å². The fourth-order valence-corrected chi connectivity index (χ4v) is 1.62. The average Bonchev–Trinajstić information content (AvgIpc) is 2.30. The van der Waals surface area contributed by atoms with E-state index in [1.165, 1.54) is 29.7 Å². The molecular formula is C14H22N2O. The van der Waals surface area contributed by atoms with Gasteiger partial charge >= 0.3 is 6.03 Å². The Morgan fingerprint density at radius 1 is 1.29 bits per heavy atom. The third-order valence-corrected chi connectivity index (χ3v) is 2.65. The van der Waals surface area contributed by atoms with Gasteiger partial charge in [0.25, 0.3) is 0 Å². The molecule has 0 bridgehead atoms. The number of anilines is 1. The lowest BCUT2D eigenvalue weighted by atomic mass is 10.1. The summed E-state index contributed by atoms with van der Waals surface area (Å²) in [5.74, 6) is 0. The zero-order valence-electron chi connectivity index (χ0n) is 11.0. The molecule has 3 nitrogen and oxygen atoms in total. The van der Waals surface area contributed by atoms with Gasteiger partial charge in [0, 0.05) is 19.8 Å². The quantitative estimate of drug-likeness (QED) is 0.777. The lowest BCUT2D eigenvalue weighted by molar-refractivity contribution is 0.230. The predicted octanol–water partition coefficient (Wildman–Crippen LogP) is 3.51. The van der Waals surface area contributed by atoms with Crippen LogP contribution < -0.4 is 5.32 Å². The van der Waals surface area contributed by atoms with Gasteiger partial charge in [-0.05, 0) is 30.5 Å². The Hall–Kier alpha value is -1.51. The molecule has 0 aliphatic heterocycles. The van der Waals surface area contributed by atoms with E-state index in [2.05, 4.69) is 24.4 Å². The lowest BCUT2D eigenvalue weighted by Crippen LogP contribution is -2.27.